The highest BCUT2D eigenvalue weighted by molar-refractivity contribution is 9.12. The van der Waals surface area contributed by atoms with Crippen molar-refractivity contribution in [3.05, 3.63) is 80.9 Å². The number of fused-ring (bicyclic) bond motifs is 3. The van der Waals surface area contributed by atoms with Gasteiger partial charge in [0.25, 0.3) is 0 Å². The molecular weight excluding hydrogens is 606 g/mol. The van der Waals surface area contributed by atoms with Crippen LogP contribution in [0.3, 0.4) is 0 Å². The Balaban J connectivity index is 1.48. The van der Waals surface area contributed by atoms with Crippen LogP contribution >= 0.6 is 15.9 Å². The van der Waals surface area contributed by atoms with E-state index in [1.807, 2.05) is 6.08 Å². The molecule has 42 heavy (non-hydrogen) atoms. The van der Waals surface area contributed by atoms with Crippen molar-refractivity contribution in [3.8, 4) is 17.2 Å². The summed E-state index contributed by atoms with van der Waals surface area (Å²) in [4.78, 5) is 67.5. The molecule has 0 bridgehead atoms. The Morgan fingerprint density at radius 1 is 0.976 bits per heavy atom. The molecule has 0 aromatic heterocycles. The lowest BCUT2D eigenvalue weighted by molar-refractivity contribution is -0.123. The normalized spacial score (nSPS) is 25.0. The lowest BCUT2D eigenvalue weighted by Gasteiger charge is -2.42. The van der Waals surface area contributed by atoms with Crippen molar-refractivity contribution in [3.63, 3.8) is 0 Å². The number of amides is 2. The number of imide groups is 1. The Morgan fingerprint density at radius 2 is 1.62 bits per heavy atom. The Hall–Kier alpha value is -4.31. The first-order valence-electron chi connectivity index (χ1n) is 13.4. The number of ether oxygens (including phenoxy) is 2. The molecule has 6 rings (SSSR count). The number of phenols is 1. The van der Waals surface area contributed by atoms with E-state index in [9.17, 15) is 29.1 Å². The van der Waals surface area contributed by atoms with Gasteiger partial charge in [-0.25, -0.2) is 0 Å². The molecule has 1 aliphatic heterocycles. The third-order valence-corrected chi connectivity index (χ3v) is 9.29. The van der Waals surface area contributed by atoms with Gasteiger partial charge in [-0.1, -0.05) is 11.6 Å². The number of carbonyl (C=O) groups excluding carboxylic acids is 5. The van der Waals surface area contributed by atoms with Crippen LogP contribution in [0.15, 0.2) is 69.8 Å². The molecule has 1 fully saturated rings. The van der Waals surface area contributed by atoms with Gasteiger partial charge in [0.15, 0.2) is 28.8 Å². The first-order valence-corrected chi connectivity index (χ1v) is 14.2. The van der Waals surface area contributed by atoms with E-state index in [-0.39, 0.29) is 69.3 Å². The van der Waals surface area contributed by atoms with Crippen molar-refractivity contribution >= 4 is 50.8 Å². The minimum Gasteiger partial charge on any atom is -0.502 e. The summed E-state index contributed by atoms with van der Waals surface area (Å²) in [5, 5.41) is 10.6. The quantitative estimate of drug-likeness (QED) is 0.220. The van der Waals surface area contributed by atoms with Crippen LogP contribution in [0.1, 0.15) is 41.6 Å². The van der Waals surface area contributed by atoms with E-state index in [4.69, 9.17) is 9.47 Å². The van der Waals surface area contributed by atoms with E-state index in [1.165, 1.54) is 32.1 Å². The molecule has 2 amide bonds. The van der Waals surface area contributed by atoms with E-state index in [2.05, 4.69) is 15.9 Å². The fourth-order valence-electron chi connectivity index (χ4n) is 6.77. The third kappa shape index (κ3) is 4.07. The van der Waals surface area contributed by atoms with Gasteiger partial charge in [0, 0.05) is 28.7 Å². The van der Waals surface area contributed by atoms with Crippen LogP contribution in [0.5, 0.6) is 17.2 Å². The molecule has 4 aliphatic rings. The fourth-order valence-corrected chi connectivity index (χ4v) is 7.21. The summed E-state index contributed by atoms with van der Waals surface area (Å²) >= 11 is 3.22. The van der Waals surface area contributed by atoms with E-state index in [0.717, 1.165) is 5.57 Å². The van der Waals surface area contributed by atoms with E-state index >= 15 is 0 Å². The smallest absolute Gasteiger partial charge is 0.238 e. The summed E-state index contributed by atoms with van der Waals surface area (Å²) in [5.41, 5.74) is 2.73. The Morgan fingerprint density at radius 3 is 2.21 bits per heavy atom. The van der Waals surface area contributed by atoms with Crippen LogP contribution in [0.2, 0.25) is 0 Å². The van der Waals surface area contributed by atoms with Crippen molar-refractivity contribution in [1.82, 2.24) is 0 Å². The number of anilines is 1. The van der Waals surface area contributed by atoms with Gasteiger partial charge in [-0.2, -0.15) is 0 Å². The molecule has 9 nitrogen and oxygen atoms in total. The molecule has 0 spiro atoms. The second-order valence-corrected chi connectivity index (χ2v) is 11.6. The monoisotopic (exact) mass is 631 g/mol. The first kappa shape index (κ1) is 27.8. The molecule has 0 saturated carbocycles. The minimum atomic E-state index is -0.755. The second kappa shape index (κ2) is 10.2. The lowest BCUT2D eigenvalue weighted by atomic mass is 9.59. The van der Waals surface area contributed by atoms with Gasteiger partial charge in [-0.05, 0) is 83.6 Å². The Bertz CT molecular complexity index is 1670. The molecule has 10 heteroatoms. The third-order valence-electron chi connectivity index (χ3n) is 8.70. The maximum atomic E-state index is 14.0. The molecule has 0 unspecified atom stereocenters. The standard InChI is InChI=1S/C32H26BrNO8/c1-14(35)15-4-6-17(7-5-15)34-31(39)19-9-8-18-20(27(19)32(34)40)12-21-28(23(36)13-22(33)29(21)37)26(18)16-10-24(41-2)30(38)25(11-16)42-3/h4-8,10-11,13,19-20,26-27,38H,9,12H2,1-3H3/t19-,20+,26-,27-/m0/s1. The molecule has 3 aliphatic carbocycles. The maximum Gasteiger partial charge on any atom is 0.238 e. The topological polar surface area (TPSA) is 127 Å². The SMILES string of the molecule is COc1cc([C@H]2C3=CC[C@@H]4C(=O)N(c5ccc(C(C)=O)cc5)C(=O)[C@@H]4[C@@H]3CC3=C2C(=O)C=C(Br)C3=O)cc(OC)c1O. The van der Waals surface area contributed by atoms with Crippen molar-refractivity contribution in [2.75, 3.05) is 19.1 Å². The van der Waals surface area contributed by atoms with Crippen LogP contribution in [-0.4, -0.2) is 48.5 Å². The Kier molecular flexibility index (Phi) is 6.76. The van der Waals surface area contributed by atoms with Gasteiger partial charge in [0.1, 0.15) is 0 Å². The number of ketones is 3. The summed E-state index contributed by atoms with van der Waals surface area (Å²) in [7, 11) is 2.79. The van der Waals surface area contributed by atoms with Gasteiger partial charge < -0.3 is 14.6 Å². The van der Waals surface area contributed by atoms with Gasteiger partial charge in [-0.3, -0.25) is 28.9 Å². The number of hydrogen-bond acceptors (Lipinski definition) is 8. The molecule has 214 valence electrons. The average Bonchev–Trinajstić information content (AvgIpc) is 3.24. The number of aromatic hydroxyl groups is 1. The van der Waals surface area contributed by atoms with E-state index in [1.54, 1.807) is 36.4 Å². The highest BCUT2D eigenvalue weighted by atomic mass is 79.9. The van der Waals surface area contributed by atoms with Gasteiger partial charge in [0.05, 0.1) is 36.2 Å². The summed E-state index contributed by atoms with van der Waals surface area (Å²) in [6.45, 7) is 1.44. The zero-order chi connectivity index (χ0) is 30.0. The molecule has 2 aromatic rings. The molecule has 1 heterocycles. The summed E-state index contributed by atoms with van der Waals surface area (Å²) in [5.74, 6) is -4.16. The van der Waals surface area contributed by atoms with Crippen molar-refractivity contribution in [1.29, 1.82) is 0 Å². The molecule has 4 atom stereocenters. The van der Waals surface area contributed by atoms with Crippen LogP contribution in [0.25, 0.3) is 0 Å². The predicted molar refractivity (Wildman–Crippen MR) is 155 cm³/mol. The lowest BCUT2D eigenvalue weighted by Crippen LogP contribution is -2.39. The molecule has 2 aromatic carbocycles. The number of phenolic OH excluding ortho intramolecular Hbond substituents is 1. The number of benzene rings is 2. The van der Waals surface area contributed by atoms with Crippen molar-refractivity contribution < 1.29 is 38.6 Å². The first-order chi connectivity index (χ1) is 20.1. The number of halogens is 1. The highest BCUT2D eigenvalue weighted by Crippen LogP contribution is 2.56. The molecule has 1 saturated heterocycles. The summed E-state index contributed by atoms with van der Waals surface area (Å²) in [6.07, 6.45) is 3.56. The minimum absolute atomic E-state index is 0.120. The number of methoxy groups -OCH3 is 2. The number of hydrogen-bond donors (Lipinski definition) is 1. The number of allylic oxidation sites excluding steroid dienone is 6. The van der Waals surface area contributed by atoms with Crippen LogP contribution in [-0.2, 0) is 19.2 Å². The number of nitrogens with zero attached hydrogens (tertiary/aromatic N) is 1. The number of rotatable bonds is 5. The molecular formula is C32H26BrNO8. The second-order valence-electron chi connectivity index (χ2n) is 10.8. The average molecular weight is 632 g/mol. The predicted octanol–water partition coefficient (Wildman–Crippen LogP) is 4.58. The van der Waals surface area contributed by atoms with Crippen molar-refractivity contribution in [2.45, 2.75) is 25.7 Å². The number of carbonyl (C=O) groups is 5. The van der Waals surface area contributed by atoms with Gasteiger partial charge in [-0.15, -0.1) is 0 Å². The molecule has 0 radical (unpaired) electrons. The van der Waals surface area contributed by atoms with E-state index in [0.29, 0.717) is 22.4 Å². The van der Waals surface area contributed by atoms with Crippen LogP contribution in [0, 0.1) is 17.8 Å². The number of Topliss-reactive ketones (excluding diaryl/α,β-unsaturated/α-hetero) is 2. The van der Waals surface area contributed by atoms with Gasteiger partial charge in [0.2, 0.25) is 17.6 Å². The largest absolute Gasteiger partial charge is 0.502 e. The zero-order valence-electron chi connectivity index (χ0n) is 23.0. The van der Waals surface area contributed by atoms with Crippen molar-refractivity contribution in [2.24, 2.45) is 17.8 Å². The zero-order valence-corrected chi connectivity index (χ0v) is 24.6. The highest BCUT2D eigenvalue weighted by Gasteiger charge is 2.56. The van der Waals surface area contributed by atoms with Crippen LogP contribution < -0.4 is 14.4 Å². The summed E-state index contributed by atoms with van der Waals surface area (Å²) in [6, 6.07) is 9.53. The molecule has 1 N–H and O–H groups in total. The van der Waals surface area contributed by atoms with E-state index < -0.39 is 23.7 Å². The maximum absolute atomic E-state index is 14.0. The fraction of sp³-hybridized carbons (Fsp3) is 0.281. The Labute approximate surface area is 249 Å². The van der Waals surface area contributed by atoms with Crippen LogP contribution in [0.4, 0.5) is 5.69 Å². The summed E-state index contributed by atoms with van der Waals surface area (Å²) < 4.78 is 10.9. The van der Waals surface area contributed by atoms with Gasteiger partial charge >= 0.3 is 0 Å².